The molecule has 1 amide bonds. The summed E-state index contributed by atoms with van der Waals surface area (Å²) in [6.45, 7) is 10.1. The van der Waals surface area contributed by atoms with Crippen LogP contribution in [0.15, 0.2) is 72.9 Å². The molecule has 0 aromatic heterocycles. The molecule has 0 saturated carbocycles. The number of rotatable bonds is 5. The van der Waals surface area contributed by atoms with Gasteiger partial charge in [-0.25, -0.2) is 0 Å². The molecular formula is C54H88N2O20. The summed E-state index contributed by atoms with van der Waals surface area (Å²) in [7, 11) is 0. The highest BCUT2D eigenvalue weighted by atomic mass is 16.7. The highest BCUT2D eigenvalue weighted by Gasteiger charge is 2.51. The SMILES string of the molecule is C[C@@H]1OC(O[C@@H]2[C@@H](C)/C=C/C=C/CC/C=C/C=C/C=C/C=C/[C@H](O[C@@H]3O[C@H](C)[C@@H](O)[C@H](N)[C@@H]3O)C[C@@H]3O[C@](O)(C[C@@H](O)[C@H](O)CC[C@@H](O)C[C@@H](O)C[C@@H](O)CC(=O)O[C@@H](C)C2(C)C)C[C@H](O)[C@H]3C(N)=O)[C@@H](O)[C@H](O)[C@@H]1O. The molecule has 4 rings (SSSR count). The molecule has 0 aromatic rings. The van der Waals surface area contributed by atoms with Crippen molar-refractivity contribution < 1.29 is 99.3 Å². The Morgan fingerprint density at radius 1 is 0.632 bits per heavy atom. The van der Waals surface area contributed by atoms with E-state index in [9.17, 15) is 70.9 Å². The van der Waals surface area contributed by atoms with Crippen LogP contribution in [0.4, 0.5) is 0 Å². The Morgan fingerprint density at radius 3 is 1.83 bits per heavy atom. The third kappa shape index (κ3) is 19.2. The predicted octanol–water partition coefficient (Wildman–Crippen LogP) is -0.422. The molecule has 434 valence electrons. The zero-order chi connectivity index (χ0) is 56.7. The van der Waals surface area contributed by atoms with Gasteiger partial charge in [-0.05, 0) is 59.3 Å². The van der Waals surface area contributed by atoms with Gasteiger partial charge in [0.25, 0.3) is 0 Å². The maximum Gasteiger partial charge on any atom is 0.308 e. The average molecular weight is 1090 g/mol. The van der Waals surface area contributed by atoms with Gasteiger partial charge >= 0.3 is 5.97 Å². The number of aliphatic hydroxyl groups excluding tert-OH is 11. The van der Waals surface area contributed by atoms with E-state index in [1.807, 2.05) is 49.5 Å². The number of allylic oxidation sites excluding steroid dienone is 10. The summed E-state index contributed by atoms with van der Waals surface area (Å²) in [6, 6.07) is -1.15. The maximum absolute atomic E-state index is 13.2. The fraction of sp³-hybridized carbons (Fsp3) is 0.741. The first-order valence-corrected chi connectivity index (χ1v) is 26.4. The van der Waals surface area contributed by atoms with Gasteiger partial charge < -0.3 is 101 Å². The lowest BCUT2D eigenvalue weighted by molar-refractivity contribution is -0.318. The van der Waals surface area contributed by atoms with Gasteiger partial charge in [0, 0.05) is 30.6 Å². The number of cyclic esters (lactones) is 1. The van der Waals surface area contributed by atoms with E-state index in [4.69, 9.17) is 39.9 Å². The Morgan fingerprint density at radius 2 is 1.18 bits per heavy atom. The zero-order valence-corrected chi connectivity index (χ0v) is 44.5. The number of aliphatic hydroxyl groups is 12. The van der Waals surface area contributed by atoms with Gasteiger partial charge in [-0.15, -0.1) is 0 Å². The Bertz CT molecular complexity index is 1970. The summed E-state index contributed by atoms with van der Waals surface area (Å²) in [5.74, 6) is -5.90. The molecule has 0 spiro atoms. The first-order chi connectivity index (χ1) is 35.6. The monoisotopic (exact) mass is 1080 g/mol. The summed E-state index contributed by atoms with van der Waals surface area (Å²) in [5, 5.41) is 130. The highest BCUT2D eigenvalue weighted by molar-refractivity contribution is 5.78. The predicted molar refractivity (Wildman–Crippen MR) is 274 cm³/mol. The fourth-order valence-electron chi connectivity index (χ4n) is 9.90. The van der Waals surface area contributed by atoms with Crippen LogP contribution < -0.4 is 11.5 Å². The molecule has 22 heteroatoms. The quantitative estimate of drug-likeness (QED) is 0.155. The van der Waals surface area contributed by atoms with Gasteiger partial charge in [-0.2, -0.15) is 0 Å². The van der Waals surface area contributed by atoms with Crippen molar-refractivity contribution in [3.05, 3.63) is 72.9 Å². The molecule has 2 bridgehead atoms. The fourth-order valence-corrected chi connectivity index (χ4v) is 9.90. The Kier molecular flexibility index (Phi) is 26.0. The van der Waals surface area contributed by atoms with Crippen LogP contribution in [-0.4, -0.2) is 201 Å². The van der Waals surface area contributed by atoms with E-state index in [-0.39, 0.29) is 32.1 Å². The second-order valence-electron chi connectivity index (χ2n) is 21.6. The summed E-state index contributed by atoms with van der Waals surface area (Å²) in [6.07, 6.45) is -4.89. The third-order valence-corrected chi connectivity index (χ3v) is 14.8. The first-order valence-electron chi connectivity index (χ1n) is 26.4. The molecule has 22 nitrogen and oxygen atoms in total. The van der Waals surface area contributed by atoms with Gasteiger partial charge in [-0.1, -0.05) is 93.7 Å². The Hall–Kier alpha value is -3.34. The molecule has 4 aliphatic rings. The van der Waals surface area contributed by atoms with Crippen LogP contribution in [-0.2, 0) is 38.0 Å². The minimum atomic E-state index is -2.33. The number of ether oxygens (including phenoxy) is 6. The lowest BCUT2D eigenvalue weighted by Gasteiger charge is -2.46. The van der Waals surface area contributed by atoms with Gasteiger partial charge in [0.05, 0.1) is 91.6 Å². The van der Waals surface area contributed by atoms with Crippen molar-refractivity contribution in [1.29, 1.82) is 0 Å². The van der Waals surface area contributed by atoms with Gasteiger partial charge in [0.15, 0.2) is 18.4 Å². The van der Waals surface area contributed by atoms with E-state index in [1.54, 1.807) is 58.1 Å². The number of fused-ring (bicyclic) bond motifs is 2. The number of hydrogen-bond acceptors (Lipinski definition) is 21. The third-order valence-electron chi connectivity index (χ3n) is 14.8. The minimum Gasteiger partial charge on any atom is -0.462 e. The standard InChI is InChI=1S/C54H88N2O20/c1-29-19-17-15-13-11-9-7-8-10-12-14-16-18-20-36(74-51-46(66)43(55)44(64)30(2)71-51)26-40-42(50(56)69)39(62)28-54(70,76-40)27-38(61)37(60)22-21-33(57)23-34(58)24-35(59)25-41(63)73-32(4)53(5,6)49(29)75-52-48(68)47(67)45(65)31(3)72-52/h7-8,10,12-20,29-40,42-49,51-52,57-62,64-68,70H,9,11,21-28,55H2,1-6H3,(H2,56,69)/b8-7+,12-10+,15-13+,16-14+,19-17+,20-18+/t29-,30+,31-,32-,33+,34+,35+,36-,37+,38+,39-,40-,42+,43-,44+,45+,46-,47+,48-,49+,51-,52?,54+/m0/s1. The van der Waals surface area contributed by atoms with Crippen molar-refractivity contribution >= 4 is 11.9 Å². The number of primary amides is 1. The highest BCUT2D eigenvalue weighted by Crippen LogP contribution is 2.40. The molecule has 0 aliphatic carbocycles. The topological polar surface area (TPSA) is 384 Å². The maximum atomic E-state index is 13.2. The van der Waals surface area contributed by atoms with Gasteiger partial charge in [0.1, 0.15) is 30.5 Å². The average Bonchev–Trinajstić information content (AvgIpc) is 3.32. The van der Waals surface area contributed by atoms with E-state index in [0.29, 0.717) is 12.8 Å². The van der Waals surface area contributed by atoms with Crippen molar-refractivity contribution in [3.63, 3.8) is 0 Å². The molecule has 23 atom stereocenters. The smallest absolute Gasteiger partial charge is 0.308 e. The van der Waals surface area contributed by atoms with E-state index < -0.39 is 177 Å². The van der Waals surface area contributed by atoms with E-state index >= 15 is 0 Å². The zero-order valence-electron chi connectivity index (χ0n) is 44.5. The Labute approximate surface area is 445 Å². The lowest BCUT2D eigenvalue weighted by Crippen LogP contribution is -2.62. The molecule has 3 saturated heterocycles. The number of nitrogens with two attached hydrogens (primary N) is 2. The molecular weight excluding hydrogens is 997 g/mol. The molecule has 76 heavy (non-hydrogen) atoms. The van der Waals surface area contributed by atoms with Crippen molar-refractivity contribution in [1.82, 2.24) is 0 Å². The van der Waals surface area contributed by atoms with Gasteiger partial charge in [-0.3, -0.25) is 9.59 Å². The van der Waals surface area contributed by atoms with Crippen molar-refractivity contribution in [2.24, 2.45) is 28.7 Å². The molecule has 4 aliphatic heterocycles. The van der Waals surface area contributed by atoms with Crippen molar-refractivity contribution in [3.8, 4) is 0 Å². The van der Waals surface area contributed by atoms with E-state index in [2.05, 4.69) is 0 Å². The molecule has 0 radical (unpaired) electrons. The molecule has 4 heterocycles. The van der Waals surface area contributed by atoms with E-state index in [1.165, 1.54) is 6.92 Å². The Balaban J connectivity index is 1.58. The first kappa shape index (κ1) is 65.2. The second-order valence-corrected chi connectivity index (χ2v) is 21.6. The summed E-state index contributed by atoms with van der Waals surface area (Å²) in [4.78, 5) is 26.0. The summed E-state index contributed by atoms with van der Waals surface area (Å²) in [5.41, 5.74) is 10.8. The lowest BCUT2D eigenvalue weighted by atomic mass is 9.75. The molecule has 0 aromatic carbocycles. The molecule has 16 N–H and O–H groups in total. The van der Waals surface area contributed by atoms with Crippen LogP contribution in [0.2, 0.25) is 0 Å². The molecule has 1 unspecified atom stereocenters. The van der Waals surface area contributed by atoms with Crippen LogP contribution in [0.3, 0.4) is 0 Å². The van der Waals surface area contributed by atoms with Crippen LogP contribution in [0.25, 0.3) is 0 Å². The van der Waals surface area contributed by atoms with Crippen LogP contribution >= 0.6 is 0 Å². The number of esters is 1. The number of amides is 1. The van der Waals surface area contributed by atoms with Crippen molar-refractivity contribution in [2.75, 3.05) is 0 Å². The van der Waals surface area contributed by atoms with Crippen molar-refractivity contribution in [2.45, 2.75) is 234 Å². The largest absolute Gasteiger partial charge is 0.462 e. The van der Waals surface area contributed by atoms with Crippen LogP contribution in [0.1, 0.15) is 106 Å². The van der Waals surface area contributed by atoms with Gasteiger partial charge in [0.2, 0.25) is 5.91 Å². The minimum absolute atomic E-state index is 0.163. The summed E-state index contributed by atoms with van der Waals surface area (Å²) >= 11 is 0. The summed E-state index contributed by atoms with van der Waals surface area (Å²) < 4.78 is 35.9. The second kappa shape index (κ2) is 30.3. The van der Waals surface area contributed by atoms with E-state index in [0.717, 1.165) is 0 Å². The van der Waals surface area contributed by atoms with Crippen LogP contribution in [0.5, 0.6) is 0 Å². The molecule has 3 fully saturated rings. The number of carbonyl (C=O) groups is 2. The number of carbonyl (C=O) groups excluding carboxylic acids is 2. The van der Waals surface area contributed by atoms with Crippen LogP contribution in [0, 0.1) is 17.3 Å². The number of hydrogen-bond donors (Lipinski definition) is 14. The normalized spacial score (nSPS) is 46.3.